The number of benzene rings is 2. The molecule has 0 spiro atoms. The molecule has 2 aromatic carbocycles. The molecule has 0 radical (unpaired) electrons. The Bertz CT molecular complexity index is 775. The number of hydrogen-bond donors (Lipinski definition) is 0. The summed E-state index contributed by atoms with van der Waals surface area (Å²) < 4.78 is 13.8. The molecule has 2 nitrogen and oxygen atoms in total. The molecule has 0 fully saturated rings. The largest absolute Gasteiger partial charge is 0.225 e. The van der Waals surface area contributed by atoms with Crippen molar-refractivity contribution in [2.24, 2.45) is 0 Å². The third-order valence-corrected chi connectivity index (χ3v) is 4.01. The molecule has 0 saturated heterocycles. The van der Waals surface area contributed by atoms with Crippen LogP contribution in [0.2, 0.25) is 5.15 Å². The summed E-state index contributed by atoms with van der Waals surface area (Å²) in [7, 11) is 0. The molecule has 3 rings (SSSR count). The van der Waals surface area contributed by atoms with Gasteiger partial charge in [-0.2, -0.15) is 0 Å². The maximum atomic E-state index is 13.8. The number of thioether (sulfide) groups is 1. The summed E-state index contributed by atoms with van der Waals surface area (Å²) in [5, 5.41) is 0.787. The second kappa shape index (κ2) is 5.38. The zero-order valence-corrected chi connectivity index (χ0v) is 12.2. The fourth-order valence-corrected chi connectivity index (χ4v) is 2.59. The van der Waals surface area contributed by atoms with Crippen molar-refractivity contribution in [1.29, 1.82) is 0 Å². The van der Waals surface area contributed by atoms with Crippen LogP contribution in [0.3, 0.4) is 0 Å². The highest BCUT2D eigenvalue weighted by molar-refractivity contribution is 7.98. The van der Waals surface area contributed by atoms with E-state index < -0.39 is 5.82 Å². The van der Waals surface area contributed by atoms with Gasteiger partial charge in [-0.1, -0.05) is 29.8 Å². The molecule has 100 valence electrons. The van der Waals surface area contributed by atoms with Crippen LogP contribution in [0.25, 0.3) is 22.3 Å². The molecular weight excluding hydrogens is 295 g/mol. The SMILES string of the molecule is CSc1ccc(-c2nc(Cl)c3cccc(F)c3n2)cc1. The molecule has 0 N–H and O–H groups in total. The standard InChI is InChI=1S/C15H10ClFN2S/c1-20-10-7-5-9(6-8-10)15-18-13-11(14(16)19-15)3-2-4-12(13)17/h2-8H,1H3. The topological polar surface area (TPSA) is 25.8 Å². The van der Waals surface area contributed by atoms with Crippen LogP contribution in [-0.4, -0.2) is 16.2 Å². The minimum absolute atomic E-state index is 0.247. The van der Waals surface area contributed by atoms with Gasteiger partial charge in [0.05, 0.1) is 0 Å². The van der Waals surface area contributed by atoms with Crippen LogP contribution in [0.15, 0.2) is 47.4 Å². The highest BCUT2D eigenvalue weighted by atomic mass is 35.5. The van der Waals surface area contributed by atoms with E-state index in [1.807, 2.05) is 30.5 Å². The van der Waals surface area contributed by atoms with Crippen molar-refractivity contribution < 1.29 is 4.39 Å². The number of hydrogen-bond acceptors (Lipinski definition) is 3. The van der Waals surface area contributed by atoms with Gasteiger partial charge in [-0.05, 0) is 30.5 Å². The Kier molecular flexibility index (Phi) is 3.59. The van der Waals surface area contributed by atoms with Crippen LogP contribution in [-0.2, 0) is 0 Å². The van der Waals surface area contributed by atoms with Gasteiger partial charge in [0.1, 0.15) is 16.5 Å². The van der Waals surface area contributed by atoms with Crippen LogP contribution < -0.4 is 0 Å². The average molecular weight is 305 g/mol. The minimum Gasteiger partial charge on any atom is -0.225 e. The number of fused-ring (bicyclic) bond motifs is 1. The summed E-state index contributed by atoms with van der Waals surface area (Å²) in [6.07, 6.45) is 2.01. The first-order chi connectivity index (χ1) is 9.69. The van der Waals surface area contributed by atoms with Gasteiger partial charge in [-0.3, -0.25) is 0 Å². The maximum Gasteiger partial charge on any atom is 0.161 e. The monoisotopic (exact) mass is 304 g/mol. The van der Waals surface area contributed by atoms with E-state index in [0.29, 0.717) is 11.2 Å². The van der Waals surface area contributed by atoms with Crippen LogP contribution in [0.4, 0.5) is 4.39 Å². The molecule has 0 atom stereocenters. The molecular formula is C15H10ClFN2S. The van der Waals surface area contributed by atoms with Gasteiger partial charge in [-0.25, -0.2) is 14.4 Å². The lowest BCUT2D eigenvalue weighted by atomic mass is 10.2. The molecule has 0 amide bonds. The highest BCUT2D eigenvalue weighted by Crippen LogP contribution is 2.27. The van der Waals surface area contributed by atoms with E-state index in [2.05, 4.69) is 9.97 Å². The van der Waals surface area contributed by atoms with Gasteiger partial charge in [0.2, 0.25) is 0 Å². The molecule has 20 heavy (non-hydrogen) atoms. The molecule has 1 heterocycles. The lowest BCUT2D eigenvalue weighted by Crippen LogP contribution is -1.94. The van der Waals surface area contributed by atoms with E-state index in [1.54, 1.807) is 23.9 Å². The van der Waals surface area contributed by atoms with Gasteiger partial charge in [0.25, 0.3) is 0 Å². The van der Waals surface area contributed by atoms with E-state index >= 15 is 0 Å². The quantitative estimate of drug-likeness (QED) is 0.502. The number of rotatable bonds is 2. The van der Waals surface area contributed by atoms with Gasteiger partial charge < -0.3 is 0 Å². The summed E-state index contributed by atoms with van der Waals surface area (Å²) in [4.78, 5) is 9.68. The molecule has 0 aliphatic rings. The first kappa shape index (κ1) is 13.3. The Hall–Kier alpha value is -1.65. The van der Waals surface area contributed by atoms with Crippen molar-refractivity contribution in [3.8, 4) is 11.4 Å². The molecule has 0 unspecified atom stereocenters. The Morgan fingerprint density at radius 2 is 1.80 bits per heavy atom. The lowest BCUT2D eigenvalue weighted by molar-refractivity contribution is 0.636. The molecule has 0 aliphatic heterocycles. The zero-order chi connectivity index (χ0) is 14.1. The van der Waals surface area contributed by atoms with Gasteiger partial charge >= 0.3 is 0 Å². The molecule has 0 saturated carbocycles. The molecule has 0 bridgehead atoms. The van der Waals surface area contributed by atoms with E-state index in [1.165, 1.54) is 6.07 Å². The molecule has 1 aromatic heterocycles. The summed E-state index contributed by atoms with van der Waals surface area (Å²) in [6.45, 7) is 0. The van der Waals surface area contributed by atoms with Crippen molar-refractivity contribution in [1.82, 2.24) is 9.97 Å². The molecule has 5 heteroatoms. The van der Waals surface area contributed by atoms with Crippen molar-refractivity contribution in [3.05, 3.63) is 53.4 Å². The Balaban J connectivity index is 2.18. The van der Waals surface area contributed by atoms with E-state index in [0.717, 1.165) is 10.5 Å². The van der Waals surface area contributed by atoms with Crippen LogP contribution in [0.5, 0.6) is 0 Å². The lowest BCUT2D eigenvalue weighted by Gasteiger charge is -2.06. The fourth-order valence-electron chi connectivity index (χ4n) is 1.95. The number of nitrogens with zero attached hydrogens (tertiary/aromatic N) is 2. The van der Waals surface area contributed by atoms with Crippen molar-refractivity contribution in [2.45, 2.75) is 4.90 Å². The number of para-hydroxylation sites is 1. The molecule has 3 aromatic rings. The van der Waals surface area contributed by atoms with Crippen LogP contribution in [0.1, 0.15) is 0 Å². The predicted octanol–water partition coefficient (Wildman–Crippen LogP) is 4.81. The minimum atomic E-state index is -0.395. The second-order valence-electron chi connectivity index (χ2n) is 4.20. The third kappa shape index (κ3) is 2.37. The maximum absolute atomic E-state index is 13.8. The van der Waals surface area contributed by atoms with Crippen molar-refractivity contribution in [2.75, 3.05) is 6.26 Å². The Labute approximate surface area is 125 Å². The van der Waals surface area contributed by atoms with E-state index in [9.17, 15) is 4.39 Å². The second-order valence-corrected chi connectivity index (χ2v) is 5.44. The number of halogens is 2. The normalized spacial score (nSPS) is 10.9. The Morgan fingerprint density at radius 1 is 1.05 bits per heavy atom. The molecule has 0 aliphatic carbocycles. The summed E-state index contributed by atoms with van der Waals surface area (Å²) in [5.41, 5.74) is 1.06. The highest BCUT2D eigenvalue weighted by Gasteiger charge is 2.10. The van der Waals surface area contributed by atoms with Crippen molar-refractivity contribution in [3.63, 3.8) is 0 Å². The predicted molar refractivity (Wildman–Crippen MR) is 81.7 cm³/mol. The van der Waals surface area contributed by atoms with Crippen LogP contribution in [0, 0.1) is 5.82 Å². The van der Waals surface area contributed by atoms with Crippen LogP contribution >= 0.6 is 23.4 Å². The summed E-state index contributed by atoms with van der Waals surface area (Å²) in [5.74, 6) is 0.0361. The first-order valence-corrected chi connectivity index (χ1v) is 7.55. The van der Waals surface area contributed by atoms with Gasteiger partial charge in [0.15, 0.2) is 5.82 Å². The Morgan fingerprint density at radius 3 is 2.50 bits per heavy atom. The average Bonchev–Trinajstić information content (AvgIpc) is 2.48. The smallest absolute Gasteiger partial charge is 0.161 e. The third-order valence-electron chi connectivity index (χ3n) is 2.98. The van der Waals surface area contributed by atoms with E-state index in [4.69, 9.17) is 11.6 Å². The van der Waals surface area contributed by atoms with Gasteiger partial charge in [0, 0.05) is 15.8 Å². The van der Waals surface area contributed by atoms with E-state index in [-0.39, 0.29) is 10.7 Å². The first-order valence-electron chi connectivity index (χ1n) is 5.95. The number of aromatic nitrogens is 2. The van der Waals surface area contributed by atoms with Gasteiger partial charge in [-0.15, -0.1) is 11.8 Å². The zero-order valence-electron chi connectivity index (χ0n) is 10.6. The van der Waals surface area contributed by atoms with Crippen molar-refractivity contribution >= 4 is 34.3 Å². The summed E-state index contributed by atoms with van der Waals surface area (Å²) >= 11 is 7.77. The summed E-state index contributed by atoms with van der Waals surface area (Å²) in [6, 6.07) is 12.4. The fraction of sp³-hybridized carbons (Fsp3) is 0.0667.